The number of nitrogens with zero attached hydrogens (tertiary/aromatic N) is 1. The molecule has 0 fully saturated rings. The molecule has 1 aliphatic heterocycles. The lowest BCUT2D eigenvalue weighted by Gasteiger charge is -2.09. The van der Waals surface area contributed by atoms with Crippen LogP contribution in [0.1, 0.15) is 5.56 Å². The highest BCUT2D eigenvalue weighted by Gasteiger charge is 2.23. The molecular formula is C10H11Cl3N2O. The lowest BCUT2D eigenvalue weighted by molar-refractivity contribution is 0.162. The van der Waals surface area contributed by atoms with Crippen LogP contribution in [0.2, 0.25) is 10.0 Å². The van der Waals surface area contributed by atoms with Gasteiger partial charge in [0.1, 0.15) is 12.3 Å². The molecule has 0 aromatic heterocycles. The van der Waals surface area contributed by atoms with Crippen molar-refractivity contribution in [2.75, 3.05) is 13.7 Å². The van der Waals surface area contributed by atoms with Crippen molar-refractivity contribution in [2.45, 2.75) is 6.04 Å². The second-order valence-electron chi connectivity index (χ2n) is 3.24. The molecule has 0 bridgehead atoms. The van der Waals surface area contributed by atoms with Crippen LogP contribution in [0.3, 0.4) is 0 Å². The van der Waals surface area contributed by atoms with Crippen molar-refractivity contribution in [3.63, 3.8) is 0 Å². The van der Waals surface area contributed by atoms with E-state index in [0.29, 0.717) is 16.7 Å². The molecule has 1 aromatic carbocycles. The van der Waals surface area contributed by atoms with Crippen LogP contribution >= 0.6 is 35.6 Å². The maximum absolute atomic E-state index is 5.93. The maximum atomic E-state index is 5.93. The quantitative estimate of drug-likeness (QED) is 0.904. The van der Waals surface area contributed by atoms with E-state index in [1.54, 1.807) is 12.1 Å². The summed E-state index contributed by atoms with van der Waals surface area (Å²) >= 11 is 11.8. The SMILES string of the molecule is CNC1CON=C1c1ccc(Cl)c(Cl)c1.Cl. The van der Waals surface area contributed by atoms with Crippen LogP contribution < -0.4 is 5.32 Å². The fraction of sp³-hybridized carbons (Fsp3) is 0.300. The van der Waals surface area contributed by atoms with Crippen LogP contribution in [0.4, 0.5) is 0 Å². The minimum absolute atomic E-state index is 0. The summed E-state index contributed by atoms with van der Waals surface area (Å²) in [4.78, 5) is 5.03. The van der Waals surface area contributed by atoms with Crippen molar-refractivity contribution < 1.29 is 4.84 Å². The highest BCUT2D eigenvalue weighted by Crippen LogP contribution is 2.24. The molecule has 1 N–H and O–H groups in total. The normalized spacial score (nSPS) is 18.7. The second kappa shape index (κ2) is 5.73. The first-order chi connectivity index (χ1) is 7.22. The Morgan fingerprint density at radius 1 is 1.38 bits per heavy atom. The Bertz CT molecular complexity index is 409. The first-order valence-electron chi connectivity index (χ1n) is 4.55. The van der Waals surface area contributed by atoms with E-state index in [2.05, 4.69) is 10.5 Å². The Labute approximate surface area is 110 Å². The Kier molecular flexibility index (Phi) is 4.87. The number of hydrogen-bond acceptors (Lipinski definition) is 3. The fourth-order valence-electron chi connectivity index (χ4n) is 1.45. The summed E-state index contributed by atoms with van der Waals surface area (Å²) in [5.74, 6) is 0. The van der Waals surface area contributed by atoms with E-state index in [0.717, 1.165) is 11.3 Å². The largest absolute Gasteiger partial charge is 0.393 e. The molecule has 0 aliphatic carbocycles. The molecular weight excluding hydrogens is 270 g/mol. The van der Waals surface area contributed by atoms with E-state index < -0.39 is 0 Å². The second-order valence-corrected chi connectivity index (χ2v) is 4.06. The predicted molar refractivity (Wildman–Crippen MR) is 69.0 cm³/mol. The van der Waals surface area contributed by atoms with Crippen molar-refractivity contribution in [2.24, 2.45) is 5.16 Å². The van der Waals surface area contributed by atoms with Gasteiger partial charge in [-0.2, -0.15) is 0 Å². The van der Waals surface area contributed by atoms with Crippen LogP contribution in [-0.4, -0.2) is 25.4 Å². The minimum Gasteiger partial charge on any atom is -0.393 e. The molecule has 1 aromatic rings. The van der Waals surface area contributed by atoms with Gasteiger partial charge in [0.05, 0.1) is 16.1 Å². The number of halogens is 3. The van der Waals surface area contributed by atoms with Crippen molar-refractivity contribution >= 4 is 41.3 Å². The Balaban J connectivity index is 0.00000128. The average Bonchev–Trinajstić information content (AvgIpc) is 2.70. The molecule has 0 spiro atoms. The highest BCUT2D eigenvalue weighted by molar-refractivity contribution is 6.42. The van der Waals surface area contributed by atoms with Crippen molar-refractivity contribution in [1.29, 1.82) is 0 Å². The summed E-state index contributed by atoms with van der Waals surface area (Å²) in [6.45, 7) is 0.548. The number of likely N-dealkylation sites (N-methyl/N-ethyl adjacent to an activating group) is 1. The molecule has 16 heavy (non-hydrogen) atoms. The Hall–Kier alpha value is -0.480. The smallest absolute Gasteiger partial charge is 0.138 e. The fourth-order valence-corrected chi connectivity index (χ4v) is 1.75. The van der Waals surface area contributed by atoms with E-state index in [9.17, 15) is 0 Å². The maximum Gasteiger partial charge on any atom is 0.138 e. The van der Waals surface area contributed by atoms with Crippen molar-refractivity contribution in [1.82, 2.24) is 5.32 Å². The number of benzene rings is 1. The van der Waals surface area contributed by atoms with Gasteiger partial charge in [-0.3, -0.25) is 0 Å². The zero-order chi connectivity index (χ0) is 10.8. The van der Waals surface area contributed by atoms with E-state index >= 15 is 0 Å². The van der Waals surface area contributed by atoms with Crippen LogP contribution in [0.5, 0.6) is 0 Å². The van der Waals surface area contributed by atoms with Crippen LogP contribution in [0.25, 0.3) is 0 Å². The van der Waals surface area contributed by atoms with E-state index in [1.165, 1.54) is 0 Å². The molecule has 3 nitrogen and oxygen atoms in total. The van der Waals surface area contributed by atoms with Crippen molar-refractivity contribution in [3.05, 3.63) is 33.8 Å². The molecule has 88 valence electrons. The summed E-state index contributed by atoms with van der Waals surface area (Å²) in [6, 6.07) is 5.54. The molecule has 0 radical (unpaired) electrons. The van der Waals surface area contributed by atoms with Gasteiger partial charge < -0.3 is 10.2 Å². The molecule has 1 heterocycles. The highest BCUT2D eigenvalue weighted by atomic mass is 35.5. The summed E-state index contributed by atoms with van der Waals surface area (Å²) < 4.78 is 0. The monoisotopic (exact) mass is 280 g/mol. The molecule has 2 rings (SSSR count). The van der Waals surface area contributed by atoms with E-state index in [1.807, 2.05) is 13.1 Å². The van der Waals surface area contributed by atoms with Crippen LogP contribution in [-0.2, 0) is 4.84 Å². The average molecular weight is 282 g/mol. The van der Waals surface area contributed by atoms with Gasteiger partial charge in [0.25, 0.3) is 0 Å². The predicted octanol–water partition coefficient (Wildman–Crippen LogP) is 2.74. The first-order valence-corrected chi connectivity index (χ1v) is 5.30. The van der Waals surface area contributed by atoms with Gasteiger partial charge in [-0.25, -0.2) is 0 Å². The molecule has 0 amide bonds. The molecule has 1 atom stereocenters. The lowest BCUT2D eigenvalue weighted by atomic mass is 10.0. The molecule has 0 saturated heterocycles. The van der Waals surface area contributed by atoms with Crippen LogP contribution in [0.15, 0.2) is 23.4 Å². The number of oxime groups is 1. The summed E-state index contributed by atoms with van der Waals surface area (Å²) in [5.41, 5.74) is 1.79. The molecule has 0 saturated carbocycles. The van der Waals surface area contributed by atoms with Gasteiger partial charge in [0.2, 0.25) is 0 Å². The molecule has 1 unspecified atom stereocenters. The van der Waals surface area contributed by atoms with Gasteiger partial charge >= 0.3 is 0 Å². The van der Waals surface area contributed by atoms with Gasteiger partial charge in [-0.05, 0) is 19.2 Å². The third kappa shape index (κ3) is 2.61. The van der Waals surface area contributed by atoms with E-state index in [-0.39, 0.29) is 18.4 Å². The molecule has 1 aliphatic rings. The summed E-state index contributed by atoms with van der Waals surface area (Å²) in [5, 5.41) is 8.17. The van der Waals surface area contributed by atoms with Crippen LogP contribution in [0, 0.1) is 0 Å². The summed E-state index contributed by atoms with van der Waals surface area (Å²) in [6.07, 6.45) is 0. The Morgan fingerprint density at radius 3 is 2.75 bits per heavy atom. The standard InChI is InChI=1S/C10H10Cl2N2O.ClH/c1-13-9-5-15-14-10(9)6-2-3-7(11)8(12)4-6;/h2-4,9,13H,5H2,1H3;1H. The van der Waals surface area contributed by atoms with Gasteiger partial charge in [0.15, 0.2) is 0 Å². The minimum atomic E-state index is 0. The lowest BCUT2D eigenvalue weighted by Crippen LogP contribution is -2.34. The van der Waals surface area contributed by atoms with Gasteiger partial charge in [0, 0.05) is 5.56 Å². The third-order valence-electron chi connectivity index (χ3n) is 2.30. The third-order valence-corrected chi connectivity index (χ3v) is 3.04. The van der Waals surface area contributed by atoms with E-state index in [4.69, 9.17) is 28.0 Å². The van der Waals surface area contributed by atoms with Gasteiger partial charge in [-0.1, -0.05) is 34.4 Å². The number of nitrogens with one attached hydrogen (secondary N) is 1. The zero-order valence-corrected chi connectivity index (χ0v) is 10.9. The molecule has 6 heteroatoms. The number of hydrogen-bond donors (Lipinski definition) is 1. The number of rotatable bonds is 2. The summed E-state index contributed by atoms with van der Waals surface area (Å²) in [7, 11) is 1.87. The van der Waals surface area contributed by atoms with Gasteiger partial charge in [-0.15, -0.1) is 12.4 Å². The topological polar surface area (TPSA) is 33.6 Å². The first kappa shape index (κ1) is 13.6. The zero-order valence-electron chi connectivity index (χ0n) is 8.54. The van der Waals surface area contributed by atoms with Crippen molar-refractivity contribution in [3.8, 4) is 0 Å². The Morgan fingerprint density at radius 2 is 2.12 bits per heavy atom.